The van der Waals surface area contributed by atoms with Gasteiger partial charge in [0, 0.05) is 21.0 Å². The highest BCUT2D eigenvalue weighted by Crippen LogP contribution is 2.39. The van der Waals surface area contributed by atoms with Crippen molar-refractivity contribution in [3.63, 3.8) is 0 Å². The SMILES string of the molecule is Nc1nc(C(=O)O)c(-c2csc3ccccc23)s1. The minimum absolute atomic E-state index is 0.0288. The van der Waals surface area contributed by atoms with Crippen LogP contribution in [0.3, 0.4) is 0 Å². The van der Waals surface area contributed by atoms with Gasteiger partial charge in [-0.05, 0) is 6.07 Å². The maximum Gasteiger partial charge on any atom is 0.356 e. The molecule has 0 amide bonds. The molecule has 0 radical (unpaired) electrons. The van der Waals surface area contributed by atoms with E-state index >= 15 is 0 Å². The summed E-state index contributed by atoms with van der Waals surface area (Å²) in [6.45, 7) is 0. The third kappa shape index (κ3) is 1.66. The number of aromatic carboxylic acids is 1. The van der Waals surface area contributed by atoms with Gasteiger partial charge in [-0.25, -0.2) is 9.78 Å². The number of hydrogen-bond donors (Lipinski definition) is 2. The summed E-state index contributed by atoms with van der Waals surface area (Å²) < 4.78 is 1.12. The van der Waals surface area contributed by atoms with Crippen LogP contribution in [0.5, 0.6) is 0 Å². The van der Waals surface area contributed by atoms with E-state index in [0.717, 1.165) is 15.6 Å². The van der Waals surface area contributed by atoms with Gasteiger partial charge in [0.2, 0.25) is 0 Å². The van der Waals surface area contributed by atoms with Crippen LogP contribution in [0.1, 0.15) is 10.5 Å². The number of anilines is 1. The van der Waals surface area contributed by atoms with Gasteiger partial charge in [-0.1, -0.05) is 29.5 Å². The summed E-state index contributed by atoms with van der Waals surface area (Å²) in [5.74, 6) is -1.05. The number of rotatable bonds is 2. The first-order valence-corrected chi connectivity index (χ1v) is 6.82. The minimum Gasteiger partial charge on any atom is -0.476 e. The Morgan fingerprint density at radius 2 is 2.11 bits per heavy atom. The maximum absolute atomic E-state index is 11.2. The normalized spacial score (nSPS) is 10.9. The Kier molecular flexibility index (Phi) is 2.53. The predicted molar refractivity (Wildman–Crippen MR) is 74.3 cm³/mol. The second-order valence-corrected chi connectivity index (χ2v) is 5.62. The molecule has 3 aromatic rings. The Balaban J connectivity index is 2.29. The quantitative estimate of drug-likeness (QED) is 0.753. The summed E-state index contributed by atoms with van der Waals surface area (Å²) in [4.78, 5) is 15.7. The zero-order chi connectivity index (χ0) is 12.7. The fraction of sp³-hybridized carbons (Fsp3) is 0. The minimum atomic E-state index is -1.05. The molecule has 0 aliphatic carbocycles. The number of thiophene rings is 1. The molecule has 4 nitrogen and oxygen atoms in total. The lowest BCUT2D eigenvalue weighted by atomic mass is 10.1. The molecule has 6 heteroatoms. The molecule has 0 fully saturated rings. The number of thiazole rings is 1. The van der Waals surface area contributed by atoms with Crippen LogP contribution in [-0.2, 0) is 0 Å². The fourth-order valence-electron chi connectivity index (χ4n) is 1.82. The van der Waals surface area contributed by atoms with E-state index in [9.17, 15) is 4.79 Å². The van der Waals surface area contributed by atoms with Crippen molar-refractivity contribution < 1.29 is 9.90 Å². The van der Waals surface area contributed by atoms with Crippen molar-refractivity contribution in [2.75, 3.05) is 5.73 Å². The first kappa shape index (κ1) is 11.2. The molecule has 3 rings (SSSR count). The Bertz CT molecular complexity index is 745. The standard InChI is InChI=1S/C12H8N2O2S2/c13-12-14-9(11(15)16)10(18-12)7-5-17-8-4-2-1-3-6(7)8/h1-5H,(H2,13,14)(H,15,16). The van der Waals surface area contributed by atoms with Crippen molar-refractivity contribution >= 4 is 43.9 Å². The van der Waals surface area contributed by atoms with Gasteiger partial charge in [-0.2, -0.15) is 0 Å². The average molecular weight is 276 g/mol. The molecule has 0 saturated carbocycles. The number of carbonyl (C=O) groups is 1. The number of nitrogen functional groups attached to an aromatic ring is 1. The lowest BCUT2D eigenvalue weighted by molar-refractivity contribution is 0.0692. The Labute approximate surface area is 110 Å². The number of nitrogens with two attached hydrogens (primary N) is 1. The molecule has 3 N–H and O–H groups in total. The van der Waals surface area contributed by atoms with Crippen LogP contribution in [0.15, 0.2) is 29.6 Å². The fourth-order valence-corrected chi connectivity index (χ4v) is 3.70. The third-order valence-electron chi connectivity index (χ3n) is 2.57. The molecule has 0 aliphatic heterocycles. The molecule has 0 aliphatic rings. The zero-order valence-corrected chi connectivity index (χ0v) is 10.7. The summed E-state index contributed by atoms with van der Waals surface area (Å²) >= 11 is 2.79. The highest BCUT2D eigenvalue weighted by Gasteiger charge is 2.20. The predicted octanol–water partition coefficient (Wildman–Crippen LogP) is 3.31. The van der Waals surface area contributed by atoms with Crippen LogP contribution in [0, 0.1) is 0 Å². The Morgan fingerprint density at radius 3 is 2.89 bits per heavy atom. The molecule has 0 unspecified atom stereocenters. The van der Waals surface area contributed by atoms with E-state index in [-0.39, 0.29) is 10.8 Å². The number of hydrogen-bond acceptors (Lipinski definition) is 5. The van der Waals surface area contributed by atoms with Crippen molar-refractivity contribution in [1.29, 1.82) is 0 Å². The van der Waals surface area contributed by atoms with Crippen LogP contribution >= 0.6 is 22.7 Å². The number of carboxylic acids is 1. The molecular formula is C12H8N2O2S2. The summed E-state index contributed by atoms with van der Waals surface area (Å²) in [5, 5.41) is 12.4. The van der Waals surface area contributed by atoms with Gasteiger partial charge in [0.15, 0.2) is 10.8 Å². The van der Waals surface area contributed by atoms with Crippen LogP contribution in [0.25, 0.3) is 20.5 Å². The highest BCUT2D eigenvalue weighted by molar-refractivity contribution is 7.21. The maximum atomic E-state index is 11.2. The molecular weight excluding hydrogens is 268 g/mol. The molecule has 0 saturated heterocycles. The average Bonchev–Trinajstić information content (AvgIpc) is 2.92. The zero-order valence-electron chi connectivity index (χ0n) is 9.08. The smallest absolute Gasteiger partial charge is 0.356 e. The topological polar surface area (TPSA) is 76.2 Å². The highest BCUT2D eigenvalue weighted by atomic mass is 32.1. The first-order chi connectivity index (χ1) is 8.66. The number of benzene rings is 1. The molecule has 0 atom stereocenters. The molecule has 2 heterocycles. The monoisotopic (exact) mass is 276 g/mol. The van der Waals surface area contributed by atoms with Crippen molar-refractivity contribution in [3.05, 3.63) is 35.3 Å². The summed E-state index contributed by atoms with van der Waals surface area (Å²) in [6.07, 6.45) is 0. The molecule has 18 heavy (non-hydrogen) atoms. The van der Waals surface area contributed by atoms with Crippen LogP contribution in [0.4, 0.5) is 5.13 Å². The molecule has 2 aromatic heterocycles. The first-order valence-electron chi connectivity index (χ1n) is 5.13. The largest absolute Gasteiger partial charge is 0.476 e. The van der Waals surface area contributed by atoms with Gasteiger partial charge in [0.05, 0.1) is 4.88 Å². The van der Waals surface area contributed by atoms with E-state index in [4.69, 9.17) is 10.8 Å². The van der Waals surface area contributed by atoms with E-state index in [1.165, 1.54) is 11.3 Å². The van der Waals surface area contributed by atoms with Gasteiger partial charge < -0.3 is 10.8 Å². The number of carboxylic acid groups (broad SMARTS) is 1. The Hall–Kier alpha value is -1.92. The van der Waals surface area contributed by atoms with Gasteiger partial charge in [-0.15, -0.1) is 11.3 Å². The van der Waals surface area contributed by atoms with Crippen molar-refractivity contribution in [1.82, 2.24) is 4.98 Å². The third-order valence-corrected chi connectivity index (χ3v) is 4.45. The summed E-state index contributed by atoms with van der Waals surface area (Å²) in [5.41, 5.74) is 6.53. The van der Waals surface area contributed by atoms with E-state index in [0.29, 0.717) is 4.88 Å². The van der Waals surface area contributed by atoms with E-state index < -0.39 is 5.97 Å². The number of fused-ring (bicyclic) bond motifs is 1. The summed E-state index contributed by atoms with van der Waals surface area (Å²) in [6, 6.07) is 7.88. The van der Waals surface area contributed by atoms with Gasteiger partial charge in [-0.3, -0.25) is 0 Å². The Morgan fingerprint density at radius 1 is 1.33 bits per heavy atom. The van der Waals surface area contributed by atoms with Crippen LogP contribution < -0.4 is 5.73 Å². The molecule has 90 valence electrons. The van der Waals surface area contributed by atoms with E-state index in [1.807, 2.05) is 29.6 Å². The van der Waals surface area contributed by atoms with Crippen LogP contribution in [-0.4, -0.2) is 16.1 Å². The summed E-state index contributed by atoms with van der Waals surface area (Å²) in [7, 11) is 0. The van der Waals surface area contributed by atoms with Gasteiger partial charge in [0.25, 0.3) is 0 Å². The lowest BCUT2D eigenvalue weighted by Gasteiger charge is -1.96. The molecule has 0 spiro atoms. The van der Waals surface area contributed by atoms with E-state index in [1.54, 1.807) is 11.3 Å². The number of aromatic nitrogens is 1. The van der Waals surface area contributed by atoms with Gasteiger partial charge >= 0.3 is 5.97 Å². The number of nitrogens with zero attached hydrogens (tertiary/aromatic N) is 1. The molecule has 0 bridgehead atoms. The second-order valence-electron chi connectivity index (χ2n) is 3.68. The van der Waals surface area contributed by atoms with Gasteiger partial charge in [0.1, 0.15) is 0 Å². The lowest BCUT2D eigenvalue weighted by Crippen LogP contribution is -1.98. The molecule has 1 aromatic carbocycles. The van der Waals surface area contributed by atoms with Crippen molar-refractivity contribution in [2.45, 2.75) is 0 Å². The van der Waals surface area contributed by atoms with Crippen LogP contribution in [0.2, 0.25) is 0 Å². The van der Waals surface area contributed by atoms with Crippen molar-refractivity contribution in [2.24, 2.45) is 0 Å². The van der Waals surface area contributed by atoms with Crippen molar-refractivity contribution in [3.8, 4) is 10.4 Å². The van der Waals surface area contributed by atoms with E-state index in [2.05, 4.69) is 4.98 Å². The second kappa shape index (κ2) is 4.08.